The number of amides is 1. The molecule has 1 atom stereocenters. The van der Waals surface area contributed by atoms with Crippen molar-refractivity contribution >= 4 is 27.5 Å². The second kappa shape index (κ2) is 6.65. The number of nitrogens with one attached hydrogen (secondary N) is 1. The normalized spacial score (nSPS) is 12.3. The molecule has 19 heavy (non-hydrogen) atoms. The van der Waals surface area contributed by atoms with Crippen molar-refractivity contribution in [1.29, 1.82) is 0 Å². The van der Waals surface area contributed by atoms with Gasteiger partial charge in [-0.05, 0) is 18.9 Å². The van der Waals surface area contributed by atoms with Gasteiger partial charge in [-0.15, -0.1) is 0 Å². The van der Waals surface area contributed by atoms with Crippen LogP contribution in [0.25, 0.3) is 0 Å². The van der Waals surface area contributed by atoms with Gasteiger partial charge in [0.25, 0.3) is 11.6 Å². The van der Waals surface area contributed by atoms with E-state index in [0.29, 0.717) is 23.6 Å². The minimum atomic E-state index is -0.479. The lowest BCUT2D eigenvalue weighted by molar-refractivity contribution is -0.385. The van der Waals surface area contributed by atoms with Crippen LogP contribution in [0.2, 0.25) is 0 Å². The number of carbonyl (C=O) groups is 1. The zero-order chi connectivity index (χ0) is 14.6. The first-order chi connectivity index (χ1) is 8.84. The number of rotatable bonds is 5. The van der Waals surface area contributed by atoms with Crippen LogP contribution in [0.1, 0.15) is 29.8 Å². The number of nitro groups is 1. The molecule has 1 aromatic rings. The molecule has 0 saturated carbocycles. The van der Waals surface area contributed by atoms with Gasteiger partial charge in [0.2, 0.25) is 0 Å². The first-order valence-electron chi connectivity index (χ1n) is 6.00. The number of nitro benzene ring substituents is 1. The molecule has 1 unspecified atom stereocenters. The fourth-order valence-electron chi connectivity index (χ4n) is 1.59. The molecule has 0 heterocycles. The Balaban J connectivity index is 2.83. The smallest absolute Gasteiger partial charge is 0.273 e. The summed E-state index contributed by atoms with van der Waals surface area (Å²) in [7, 11) is 0. The second-order valence-electron chi connectivity index (χ2n) is 4.68. The topological polar surface area (TPSA) is 72.2 Å². The van der Waals surface area contributed by atoms with Crippen LogP contribution in [0.5, 0.6) is 0 Å². The van der Waals surface area contributed by atoms with E-state index < -0.39 is 4.92 Å². The van der Waals surface area contributed by atoms with Crippen LogP contribution in [-0.4, -0.2) is 22.2 Å². The van der Waals surface area contributed by atoms with Gasteiger partial charge in [0, 0.05) is 28.6 Å². The summed E-state index contributed by atoms with van der Waals surface area (Å²) in [6.45, 7) is 6.16. The highest BCUT2D eigenvalue weighted by Gasteiger charge is 2.18. The van der Waals surface area contributed by atoms with E-state index in [4.69, 9.17) is 0 Å². The quantitative estimate of drug-likeness (QED) is 0.513. The Morgan fingerprint density at radius 2 is 2.11 bits per heavy atom. The Hall–Kier alpha value is -1.43. The van der Waals surface area contributed by atoms with Crippen LogP contribution in [-0.2, 0) is 0 Å². The number of alkyl halides is 1. The highest BCUT2D eigenvalue weighted by atomic mass is 79.9. The molecule has 0 aliphatic rings. The van der Waals surface area contributed by atoms with Crippen molar-refractivity contribution < 1.29 is 9.72 Å². The van der Waals surface area contributed by atoms with Crippen molar-refractivity contribution in [2.75, 3.05) is 6.54 Å². The maximum atomic E-state index is 12.0. The first kappa shape index (κ1) is 15.6. The molecule has 0 bridgehead atoms. The predicted molar refractivity (Wildman–Crippen MR) is 77.7 cm³/mol. The van der Waals surface area contributed by atoms with Crippen LogP contribution < -0.4 is 5.32 Å². The summed E-state index contributed by atoms with van der Waals surface area (Å²) in [5, 5.41) is 13.6. The Bertz CT molecular complexity index is 489. The fraction of sp³-hybridized carbons (Fsp3) is 0.462. The predicted octanol–water partition coefficient (Wildman–Crippen LogP) is 3.05. The summed E-state index contributed by atoms with van der Waals surface area (Å²) < 4.78 is 0. The minimum Gasteiger partial charge on any atom is -0.351 e. The molecule has 0 aliphatic heterocycles. The van der Waals surface area contributed by atoms with Gasteiger partial charge < -0.3 is 5.32 Å². The van der Waals surface area contributed by atoms with E-state index in [9.17, 15) is 14.9 Å². The lowest BCUT2D eigenvalue weighted by Gasteiger charge is -2.15. The Morgan fingerprint density at radius 3 is 2.63 bits per heavy atom. The van der Waals surface area contributed by atoms with Crippen molar-refractivity contribution in [1.82, 2.24) is 5.32 Å². The fourth-order valence-corrected chi connectivity index (χ4v) is 1.75. The molecular formula is C13H17BrN2O3. The summed E-state index contributed by atoms with van der Waals surface area (Å²) in [4.78, 5) is 22.5. The highest BCUT2D eigenvalue weighted by molar-refractivity contribution is 9.09. The van der Waals surface area contributed by atoms with Crippen molar-refractivity contribution in [2.45, 2.75) is 25.6 Å². The van der Waals surface area contributed by atoms with Crippen LogP contribution in [0, 0.1) is 23.0 Å². The number of benzene rings is 1. The average Bonchev–Trinajstić information content (AvgIpc) is 2.35. The first-order valence-corrected chi connectivity index (χ1v) is 6.92. The van der Waals surface area contributed by atoms with Crippen LogP contribution in [0.4, 0.5) is 5.69 Å². The lowest BCUT2D eigenvalue weighted by Crippen LogP contribution is -2.32. The number of halogens is 1. The molecule has 1 amide bonds. The van der Waals surface area contributed by atoms with E-state index in [-0.39, 0.29) is 16.4 Å². The summed E-state index contributed by atoms with van der Waals surface area (Å²) >= 11 is 3.48. The van der Waals surface area contributed by atoms with Crippen LogP contribution in [0.15, 0.2) is 18.2 Å². The van der Waals surface area contributed by atoms with Crippen molar-refractivity contribution in [3.05, 3.63) is 39.4 Å². The van der Waals surface area contributed by atoms with Gasteiger partial charge in [-0.25, -0.2) is 0 Å². The molecule has 0 spiro atoms. The molecular weight excluding hydrogens is 312 g/mol. The van der Waals surface area contributed by atoms with Gasteiger partial charge in [-0.2, -0.15) is 0 Å². The SMILES string of the molecule is Cc1c(C(=O)NCC(Br)C(C)C)cccc1[N+](=O)[O-]. The maximum Gasteiger partial charge on any atom is 0.273 e. The zero-order valence-corrected chi connectivity index (χ0v) is 12.7. The van der Waals surface area contributed by atoms with Gasteiger partial charge >= 0.3 is 0 Å². The van der Waals surface area contributed by atoms with Crippen molar-refractivity contribution in [3.8, 4) is 0 Å². The van der Waals surface area contributed by atoms with Gasteiger partial charge in [0.15, 0.2) is 0 Å². The van der Waals surface area contributed by atoms with Gasteiger partial charge in [0.05, 0.1) is 4.92 Å². The molecule has 1 aromatic carbocycles. The molecule has 0 fully saturated rings. The van der Waals surface area contributed by atoms with Crippen molar-refractivity contribution in [3.63, 3.8) is 0 Å². The monoisotopic (exact) mass is 328 g/mol. The summed E-state index contributed by atoms with van der Waals surface area (Å²) in [6.07, 6.45) is 0. The third kappa shape index (κ3) is 4.02. The molecule has 0 saturated heterocycles. The molecule has 1 N–H and O–H groups in total. The number of hydrogen-bond acceptors (Lipinski definition) is 3. The summed E-state index contributed by atoms with van der Waals surface area (Å²) in [6, 6.07) is 4.51. The van der Waals surface area contributed by atoms with E-state index >= 15 is 0 Å². The molecule has 104 valence electrons. The van der Waals surface area contributed by atoms with E-state index in [1.807, 2.05) is 13.8 Å². The second-order valence-corrected chi connectivity index (χ2v) is 5.85. The van der Waals surface area contributed by atoms with Crippen LogP contribution >= 0.6 is 15.9 Å². The molecule has 1 rings (SSSR count). The van der Waals surface area contributed by atoms with E-state index in [2.05, 4.69) is 21.2 Å². The highest BCUT2D eigenvalue weighted by Crippen LogP contribution is 2.21. The van der Waals surface area contributed by atoms with E-state index in [1.165, 1.54) is 12.1 Å². The zero-order valence-electron chi connectivity index (χ0n) is 11.1. The Morgan fingerprint density at radius 1 is 1.47 bits per heavy atom. The van der Waals surface area contributed by atoms with E-state index in [0.717, 1.165) is 0 Å². The lowest BCUT2D eigenvalue weighted by atomic mass is 10.1. The van der Waals surface area contributed by atoms with Gasteiger partial charge in [0.1, 0.15) is 0 Å². The van der Waals surface area contributed by atoms with Gasteiger partial charge in [-0.1, -0.05) is 35.8 Å². The number of nitrogens with zero attached hydrogens (tertiary/aromatic N) is 1. The summed E-state index contributed by atoms with van der Waals surface area (Å²) in [5.74, 6) is 0.109. The number of hydrogen-bond donors (Lipinski definition) is 1. The Kier molecular flexibility index (Phi) is 5.47. The number of carbonyl (C=O) groups excluding carboxylic acids is 1. The largest absolute Gasteiger partial charge is 0.351 e. The Labute approximate surface area is 120 Å². The molecule has 0 aromatic heterocycles. The third-order valence-electron chi connectivity index (χ3n) is 2.93. The third-order valence-corrected chi connectivity index (χ3v) is 4.31. The van der Waals surface area contributed by atoms with Gasteiger partial charge in [-0.3, -0.25) is 14.9 Å². The summed E-state index contributed by atoms with van der Waals surface area (Å²) in [5.41, 5.74) is 0.699. The van der Waals surface area contributed by atoms with Crippen LogP contribution in [0.3, 0.4) is 0 Å². The average molecular weight is 329 g/mol. The van der Waals surface area contributed by atoms with E-state index in [1.54, 1.807) is 13.0 Å². The minimum absolute atomic E-state index is 0.0353. The molecule has 0 aliphatic carbocycles. The molecule has 6 heteroatoms. The molecule has 5 nitrogen and oxygen atoms in total. The van der Waals surface area contributed by atoms with Crippen molar-refractivity contribution in [2.24, 2.45) is 5.92 Å². The standard InChI is InChI=1S/C13H17BrN2O3/c1-8(2)11(14)7-15-13(17)10-5-4-6-12(9(10)3)16(18)19/h4-6,8,11H,7H2,1-3H3,(H,15,17). The maximum absolute atomic E-state index is 12.0. The molecule has 0 radical (unpaired) electrons.